The Kier molecular flexibility index (Phi) is 4.83. The van der Waals surface area contributed by atoms with Gasteiger partial charge in [0.25, 0.3) is 5.91 Å². The number of amides is 1. The van der Waals surface area contributed by atoms with Gasteiger partial charge < -0.3 is 9.64 Å². The molecule has 0 N–H and O–H groups in total. The Balaban J connectivity index is 1.74. The Morgan fingerprint density at radius 2 is 2.20 bits per heavy atom. The average molecular weight is 370 g/mol. The van der Waals surface area contributed by atoms with Gasteiger partial charge in [0, 0.05) is 23.2 Å². The average Bonchev–Trinajstić information content (AvgIpc) is 3.16. The zero-order chi connectivity index (χ0) is 18.2. The van der Waals surface area contributed by atoms with Crippen LogP contribution < -0.4 is 4.90 Å². The van der Waals surface area contributed by atoms with Crippen LogP contribution in [-0.2, 0) is 16.0 Å². The third kappa shape index (κ3) is 4.01. The molecule has 0 saturated heterocycles. The zero-order valence-electron chi connectivity index (χ0n) is 13.8. The van der Waals surface area contributed by atoms with Crippen LogP contribution in [-0.4, -0.2) is 36.3 Å². The number of carbonyl (C=O) groups is 1. The Morgan fingerprint density at radius 1 is 1.44 bits per heavy atom. The monoisotopic (exact) mass is 370 g/mol. The van der Waals surface area contributed by atoms with E-state index in [1.807, 2.05) is 30.5 Å². The molecule has 4 nitrogen and oxygen atoms in total. The standard InChI is InChI=1S/C17H17F3N2O2S/c1-10(24-9-17(18,19)20)16(23)22-6-5-13-7-12(3-4-15(13)22)14-8-25-11(2)21-14/h3-4,7-8,10H,5-6,9H2,1-2H3. The highest BCUT2D eigenvalue weighted by molar-refractivity contribution is 7.09. The number of alkyl halides is 3. The number of rotatable bonds is 4. The molecular weight excluding hydrogens is 353 g/mol. The van der Waals surface area contributed by atoms with E-state index in [9.17, 15) is 18.0 Å². The topological polar surface area (TPSA) is 42.4 Å². The minimum Gasteiger partial charge on any atom is -0.359 e. The van der Waals surface area contributed by atoms with E-state index in [4.69, 9.17) is 0 Å². The van der Waals surface area contributed by atoms with Crippen molar-refractivity contribution in [2.24, 2.45) is 0 Å². The second-order valence-corrected chi connectivity index (χ2v) is 6.97. The lowest BCUT2D eigenvalue weighted by atomic mass is 10.1. The van der Waals surface area contributed by atoms with E-state index >= 15 is 0 Å². The molecule has 0 aliphatic carbocycles. The predicted molar refractivity (Wildman–Crippen MR) is 89.8 cm³/mol. The van der Waals surface area contributed by atoms with Gasteiger partial charge in [-0.2, -0.15) is 13.2 Å². The van der Waals surface area contributed by atoms with E-state index in [-0.39, 0.29) is 0 Å². The van der Waals surface area contributed by atoms with Crippen molar-refractivity contribution in [1.29, 1.82) is 0 Å². The van der Waals surface area contributed by atoms with Gasteiger partial charge in [-0.15, -0.1) is 11.3 Å². The molecule has 0 saturated carbocycles. The van der Waals surface area contributed by atoms with Crippen molar-refractivity contribution in [3.8, 4) is 11.3 Å². The minimum absolute atomic E-state index is 0.438. The number of hydrogen-bond acceptors (Lipinski definition) is 4. The van der Waals surface area contributed by atoms with Crippen LogP contribution in [0.15, 0.2) is 23.6 Å². The highest BCUT2D eigenvalue weighted by Gasteiger charge is 2.33. The molecule has 0 spiro atoms. The van der Waals surface area contributed by atoms with Crippen molar-refractivity contribution in [3.63, 3.8) is 0 Å². The summed E-state index contributed by atoms with van der Waals surface area (Å²) in [5.41, 5.74) is 3.57. The molecule has 2 heterocycles. The summed E-state index contributed by atoms with van der Waals surface area (Å²) >= 11 is 1.57. The maximum atomic E-state index is 12.4. The summed E-state index contributed by atoms with van der Waals surface area (Å²) in [6.07, 6.45) is -4.93. The molecule has 1 aliphatic rings. The van der Waals surface area contributed by atoms with E-state index < -0.39 is 24.8 Å². The summed E-state index contributed by atoms with van der Waals surface area (Å²) < 4.78 is 41.4. The van der Waals surface area contributed by atoms with Gasteiger partial charge in [0.15, 0.2) is 0 Å². The van der Waals surface area contributed by atoms with Crippen LogP contribution in [0.5, 0.6) is 0 Å². The normalized spacial score (nSPS) is 15.3. The highest BCUT2D eigenvalue weighted by atomic mass is 32.1. The fourth-order valence-corrected chi connectivity index (χ4v) is 3.42. The SMILES string of the molecule is Cc1nc(-c2ccc3c(c2)CCN3C(=O)C(C)OCC(F)(F)F)cs1. The van der Waals surface area contributed by atoms with Crippen molar-refractivity contribution in [2.45, 2.75) is 32.5 Å². The molecule has 1 aliphatic heterocycles. The third-order valence-corrected chi connectivity index (χ3v) is 4.77. The number of ether oxygens (including phenoxy) is 1. The molecule has 25 heavy (non-hydrogen) atoms. The van der Waals surface area contributed by atoms with Crippen LogP contribution >= 0.6 is 11.3 Å². The van der Waals surface area contributed by atoms with Gasteiger partial charge in [-0.05, 0) is 38.0 Å². The van der Waals surface area contributed by atoms with E-state index in [1.165, 1.54) is 11.8 Å². The predicted octanol–water partition coefficient (Wildman–Crippen LogP) is 3.98. The number of aromatic nitrogens is 1. The molecular formula is C17H17F3N2O2S. The van der Waals surface area contributed by atoms with Crippen LogP contribution in [0, 0.1) is 6.92 Å². The van der Waals surface area contributed by atoms with Gasteiger partial charge in [-0.3, -0.25) is 4.79 Å². The molecule has 8 heteroatoms. The van der Waals surface area contributed by atoms with Crippen LogP contribution in [0.2, 0.25) is 0 Å². The summed E-state index contributed by atoms with van der Waals surface area (Å²) in [6, 6.07) is 5.68. The Hall–Kier alpha value is -1.93. The van der Waals surface area contributed by atoms with Crippen molar-refractivity contribution >= 4 is 22.9 Å². The van der Waals surface area contributed by atoms with Gasteiger partial charge in [-0.1, -0.05) is 6.07 Å². The Morgan fingerprint density at radius 3 is 2.84 bits per heavy atom. The second kappa shape index (κ2) is 6.76. The summed E-state index contributed by atoms with van der Waals surface area (Å²) in [5.74, 6) is -0.458. The fourth-order valence-electron chi connectivity index (χ4n) is 2.80. The third-order valence-electron chi connectivity index (χ3n) is 4.00. The number of anilines is 1. The number of carbonyl (C=O) groups excluding carboxylic acids is 1. The summed E-state index contributed by atoms with van der Waals surface area (Å²) in [7, 11) is 0. The lowest BCUT2D eigenvalue weighted by Gasteiger charge is -2.22. The number of aryl methyl sites for hydroxylation is 1. The molecule has 1 aromatic carbocycles. The van der Waals surface area contributed by atoms with Gasteiger partial charge in [0.05, 0.1) is 10.7 Å². The van der Waals surface area contributed by atoms with Gasteiger partial charge in [-0.25, -0.2) is 4.98 Å². The smallest absolute Gasteiger partial charge is 0.359 e. The molecule has 0 fully saturated rings. The molecule has 3 rings (SSSR count). The molecule has 1 aromatic heterocycles. The first kappa shape index (κ1) is 17.9. The van der Waals surface area contributed by atoms with Crippen LogP contribution in [0.1, 0.15) is 17.5 Å². The van der Waals surface area contributed by atoms with Gasteiger partial charge in [0.1, 0.15) is 12.7 Å². The van der Waals surface area contributed by atoms with E-state index in [2.05, 4.69) is 9.72 Å². The van der Waals surface area contributed by atoms with Crippen molar-refractivity contribution in [1.82, 2.24) is 4.98 Å². The maximum absolute atomic E-state index is 12.4. The largest absolute Gasteiger partial charge is 0.411 e. The number of nitrogens with zero attached hydrogens (tertiary/aromatic N) is 2. The number of benzene rings is 1. The van der Waals surface area contributed by atoms with E-state index in [0.717, 1.165) is 27.5 Å². The summed E-state index contributed by atoms with van der Waals surface area (Å²) in [6.45, 7) is 2.29. The van der Waals surface area contributed by atoms with E-state index in [1.54, 1.807) is 11.3 Å². The highest BCUT2D eigenvalue weighted by Crippen LogP contribution is 2.33. The Labute approximate surface area is 147 Å². The van der Waals surface area contributed by atoms with Crippen LogP contribution in [0.3, 0.4) is 0 Å². The first-order chi connectivity index (χ1) is 11.7. The zero-order valence-corrected chi connectivity index (χ0v) is 14.6. The lowest BCUT2D eigenvalue weighted by Crippen LogP contribution is -2.39. The van der Waals surface area contributed by atoms with Crippen LogP contribution in [0.25, 0.3) is 11.3 Å². The fraction of sp³-hybridized carbons (Fsp3) is 0.412. The molecule has 134 valence electrons. The van der Waals surface area contributed by atoms with E-state index in [0.29, 0.717) is 13.0 Å². The van der Waals surface area contributed by atoms with Crippen molar-refractivity contribution < 1.29 is 22.7 Å². The quantitative estimate of drug-likeness (QED) is 0.818. The molecule has 1 atom stereocenters. The maximum Gasteiger partial charge on any atom is 0.411 e. The Bertz CT molecular complexity index is 788. The van der Waals surface area contributed by atoms with Gasteiger partial charge in [0.2, 0.25) is 0 Å². The molecule has 1 unspecified atom stereocenters. The van der Waals surface area contributed by atoms with Gasteiger partial charge >= 0.3 is 6.18 Å². The number of hydrogen-bond donors (Lipinski definition) is 0. The molecule has 1 amide bonds. The minimum atomic E-state index is -4.45. The number of thiazole rings is 1. The summed E-state index contributed by atoms with van der Waals surface area (Å²) in [5, 5.41) is 2.95. The van der Waals surface area contributed by atoms with Crippen molar-refractivity contribution in [2.75, 3.05) is 18.1 Å². The van der Waals surface area contributed by atoms with Crippen LogP contribution in [0.4, 0.5) is 18.9 Å². The van der Waals surface area contributed by atoms with Crippen molar-refractivity contribution in [3.05, 3.63) is 34.2 Å². The summed E-state index contributed by atoms with van der Waals surface area (Å²) in [4.78, 5) is 18.3. The first-order valence-electron chi connectivity index (χ1n) is 7.80. The first-order valence-corrected chi connectivity index (χ1v) is 8.68. The number of halogens is 3. The molecule has 0 bridgehead atoms. The second-order valence-electron chi connectivity index (χ2n) is 5.90. The molecule has 2 aromatic rings. The number of fused-ring (bicyclic) bond motifs is 1. The lowest BCUT2D eigenvalue weighted by molar-refractivity contribution is -0.185. The molecule has 0 radical (unpaired) electrons.